The van der Waals surface area contributed by atoms with Crippen LogP contribution in [0.4, 0.5) is 0 Å². The molecule has 0 radical (unpaired) electrons. The van der Waals surface area contributed by atoms with Crippen molar-refractivity contribution in [2.45, 2.75) is 11.7 Å². The third kappa shape index (κ3) is 1.22. The second-order valence-corrected chi connectivity index (χ2v) is 6.42. The van der Waals surface area contributed by atoms with Crippen LogP contribution >= 0.6 is 15.9 Å². The van der Waals surface area contributed by atoms with Crippen molar-refractivity contribution in [1.82, 2.24) is 0 Å². The molecule has 0 bridgehead atoms. The Labute approximate surface area is 125 Å². The van der Waals surface area contributed by atoms with E-state index in [1.165, 1.54) is 27.8 Å². The van der Waals surface area contributed by atoms with Crippen molar-refractivity contribution in [1.29, 1.82) is 0 Å². The van der Waals surface area contributed by atoms with E-state index in [-0.39, 0.29) is 11.7 Å². The first kappa shape index (κ1) is 11.1. The van der Waals surface area contributed by atoms with Crippen molar-refractivity contribution >= 4 is 27.1 Å². The number of hydrogen-bond donors (Lipinski definition) is 0. The van der Waals surface area contributed by atoms with Gasteiger partial charge >= 0.3 is 0 Å². The molecule has 1 fully saturated rings. The van der Waals surface area contributed by atoms with Crippen molar-refractivity contribution in [2.75, 3.05) is 0 Å². The van der Waals surface area contributed by atoms with Gasteiger partial charge in [-0.05, 0) is 40.5 Å². The predicted octanol–water partition coefficient (Wildman–Crippen LogP) is 4.54. The lowest BCUT2D eigenvalue weighted by molar-refractivity contribution is 0.347. The first-order chi connectivity index (χ1) is 9.79. The normalized spacial score (nSPS) is 28.4. The second-order valence-electron chi connectivity index (χ2n) is 5.51. The molecular weight excluding hydrogens is 312 g/mol. The molecule has 0 N–H and O–H groups in total. The number of halogens is 1. The fourth-order valence-electron chi connectivity index (χ4n) is 3.46. The maximum absolute atomic E-state index is 6.13. The first-order valence-corrected chi connectivity index (χ1v) is 7.56. The molecular formula is C18H11BrO. The van der Waals surface area contributed by atoms with Gasteiger partial charge in [0.15, 0.2) is 0 Å². The lowest BCUT2D eigenvalue weighted by atomic mass is 9.72. The maximum atomic E-state index is 6.13. The van der Waals surface area contributed by atoms with Crippen LogP contribution in [-0.4, -0.2) is 6.10 Å². The van der Waals surface area contributed by atoms with Gasteiger partial charge in [0.25, 0.3) is 0 Å². The summed E-state index contributed by atoms with van der Waals surface area (Å²) in [6.45, 7) is 0. The smallest absolute Gasteiger partial charge is 0.143 e. The van der Waals surface area contributed by atoms with Crippen LogP contribution in [0, 0.1) is 0 Å². The first-order valence-electron chi connectivity index (χ1n) is 6.77. The fraction of sp³-hybridized carbons (Fsp3) is 0.111. The summed E-state index contributed by atoms with van der Waals surface area (Å²) in [5.74, 6) is 0. The van der Waals surface area contributed by atoms with Gasteiger partial charge in [0.2, 0.25) is 0 Å². The van der Waals surface area contributed by atoms with E-state index < -0.39 is 0 Å². The highest BCUT2D eigenvalue weighted by atomic mass is 79.9. The topological polar surface area (TPSA) is 12.5 Å². The summed E-state index contributed by atoms with van der Waals surface area (Å²) in [5.41, 5.74) is 6.43. The van der Waals surface area contributed by atoms with E-state index in [0.29, 0.717) is 0 Å². The lowest BCUT2D eigenvalue weighted by Crippen LogP contribution is -2.20. The summed E-state index contributed by atoms with van der Waals surface area (Å²) in [4.78, 5) is 0. The summed E-state index contributed by atoms with van der Waals surface area (Å²) in [5, 5.41) is 0. The molecule has 1 aliphatic heterocycles. The van der Waals surface area contributed by atoms with E-state index >= 15 is 0 Å². The molecule has 0 spiro atoms. The Balaban J connectivity index is 1.61. The molecule has 2 aliphatic carbocycles. The molecule has 0 saturated carbocycles. The zero-order valence-corrected chi connectivity index (χ0v) is 12.2. The van der Waals surface area contributed by atoms with Gasteiger partial charge in [-0.25, -0.2) is 0 Å². The lowest BCUT2D eigenvalue weighted by Gasteiger charge is -2.28. The molecule has 1 nitrogen and oxygen atoms in total. The Hall–Kier alpha value is -1.64. The minimum atomic E-state index is -0.240. The maximum Gasteiger partial charge on any atom is 0.143 e. The number of rotatable bonds is 1. The van der Waals surface area contributed by atoms with Crippen molar-refractivity contribution < 1.29 is 4.74 Å². The Morgan fingerprint density at radius 1 is 1.00 bits per heavy atom. The monoisotopic (exact) mass is 322 g/mol. The van der Waals surface area contributed by atoms with E-state index in [1.54, 1.807) is 0 Å². The van der Waals surface area contributed by atoms with E-state index in [9.17, 15) is 0 Å². The van der Waals surface area contributed by atoms with Crippen LogP contribution in [0.25, 0.3) is 11.1 Å². The molecule has 2 unspecified atom stereocenters. The van der Waals surface area contributed by atoms with Crippen molar-refractivity contribution in [3.63, 3.8) is 0 Å². The summed E-state index contributed by atoms with van der Waals surface area (Å²) in [6.07, 6.45) is 4.63. The zero-order valence-electron chi connectivity index (χ0n) is 10.6. The standard InChI is InChI=1S/C18H11BrO/c19-12-5-3-4-11(10-12)18-9-8-15-13-6-1-2-7-14(13)16(15)17(18)20-18/h1-10,17H. The van der Waals surface area contributed by atoms with Gasteiger partial charge in [-0.15, -0.1) is 0 Å². The average molecular weight is 323 g/mol. The molecule has 2 aromatic rings. The zero-order chi connectivity index (χ0) is 13.3. The van der Waals surface area contributed by atoms with Crippen LogP contribution in [-0.2, 0) is 10.3 Å². The minimum Gasteiger partial charge on any atom is -0.351 e. The van der Waals surface area contributed by atoms with Gasteiger partial charge in [-0.1, -0.05) is 58.4 Å². The molecule has 5 rings (SSSR count). The number of hydrogen-bond acceptors (Lipinski definition) is 1. The molecule has 2 heteroatoms. The van der Waals surface area contributed by atoms with E-state index in [4.69, 9.17) is 4.74 Å². The van der Waals surface area contributed by atoms with Crippen molar-refractivity contribution in [2.24, 2.45) is 0 Å². The quantitative estimate of drug-likeness (QED) is 0.702. The Kier molecular flexibility index (Phi) is 1.94. The molecule has 2 aromatic carbocycles. The van der Waals surface area contributed by atoms with Gasteiger partial charge in [-0.3, -0.25) is 0 Å². The van der Waals surface area contributed by atoms with E-state index in [1.807, 2.05) is 6.07 Å². The third-order valence-electron chi connectivity index (χ3n) is 4.48. The van der Waals surface area contributed by atoms with E-state index in [0.717, 1.165) is 4.47 Å². The Bertz CT molecular complexity index is 818. The highest BCUT2D eigenvalue weighted by Gasteiger charge is 2.61. The number of ether oxygens (including phenoxy) is 1. The number of benzene rings is 2. The van der Waals surface area contributed by atoms with Crippen LogP contribution in [0.2, 0.25) is 0 Å². The van der Waals surface area contributed by atoms with Crippen LogP contribution in [0.15, 0.2) is 65.2 Å². The van der Waals surface area contributed by atoms with Crippen molar-refractivity contribution in [3.05, 3.63) is 81.8 Å². The second kappa shape index (κ2) is 3.51. The molecule has 3 aliphatic rings. The minimum absolute atomic E-state index is 0.187. The fourth-order valence-corrected chi connectivity index (χ4v) is 3.86. The van der Waals surface area contributed by atoms with Gasteiger partial charge in [0, 0.05) is 10.0 Å². The van der Waals surface area contributed by atoms with E-state index in [2.05, 4.69) is 70.5 Å². The molecule has 96 valence electrons. The summed E-state index contributed by atoms with van der Waals surface area (Å²) >= 11 is 3.55. The molecule has 0 amide bonds. The average Bonchev–Trinajstić information content (AvgIpc) is 3.18. The SMILES string of the molecule is Brc1cccc(C23C=CC4=C(c5ccccc54)C2O3)c1. The van der Waals surface area contributed by atoms with Crippen LogP contribution in [0.5, 0.6) is 0 Å². The number of epoxide rings is 1. The van der Waals surface area contributed by atoms with Gasteiger partial charge in [-0.2, -0.15) is 0 Å². The summed E-state index contributed by atoms with van der Waals surface area (Å²) < 4.78 is 7.23. The number of fused-ring (bicyclic) bond motifs is 5. The van der Waals surface area contributed by atoms with Gasteiger partial charge < -0.3 is 4.74 Å². The molecule has 0 aromatic heterocycles. The predicted molar refractivity (Wildman–Crippen MR) is 83.1 cm³/mol. The Morgan fingerprint density at radius 3 is 2.70 bits per heavy atom. The van der Waals surface area contributed by atoms with Gasteiger partial charge in [0.1, 0.15) is 11.7 Å². The highest BCUT2D eigenvalue weighted by Crippen LogP contribution is 2.62. The summed E-state index contributed by atoms with van der Waals surface area (Å²) in [7, 11) is 0. The summed E-state index contributed by atoms with van der Waals surface area (Å²) in [6, 6.07) is 17.0. The largest absolute Gasteiger partial charge is 0.351 e. The van der Waals surface area contributed by atoms with Crippen molar-refractivity contribution in [3.8, 4) is 0 Å². The molecule has 20 heavy (non-hydrogen) atoms. The molecule has 1 heterocycles. The van der Waals surface area contributed by atoms with Crippen LogP contribution < -0.4 is 0 Å². The third-order valence-corrected chi connectivity index (χ3v) is 4.97. The number of allylic oxidation sites excluding steroid dienone is 2. The van der Waals surface area contributed by atoms with Gasteiger partial charge in [0.05, 0.1) is 0 Å². The van der Waals surface area contributed by atoms with Crippen LogP contribution in [0.1, 0.15) is 16.7 Å². The molecule has 1 saturated heterocycles. The highest BCUT2D eigenvalue weighted by molar-refractivity contribution is 9.10. The Morgan fingerprint density at radius 2 is 1.85 bits per heavy atom. The molecule has 2 atom stereocenters. The van der Waals surface area contributed by atoms with Crippen LogP contribution in [0.3, 0.4) is 0 Å².